The quantitative estimate of drug-likeness (QED) is 0.551. The number of nitrogens with zero attached hydrogens (tertiary/aromatic N) is 2. The highest BCUT2D eigenvalue weighted by molar-refractivity contribution is 7.80. The largest absolute Gasteiger partial charge is 0.444 e. The second kappa shape index (κ2) is 11.0. The van der Waals surface area contributed by atoms with Crippen molar-refractivity contribution in [1.82, 2.24) is 5.32 Å². The number of carbonyl (C=O) groups excluding carboxylic acids is 1. The normalized spacial score (nSPS) is 11.1. The first-order chi connectivity index (χ1) is 13.1. The first-order valence-electron chi connectivity index (χ1n) is 8.76. The number of carbonyl (C=O) groups is 1. The highest BCUT2D eigenvalue weighted by Gasteiger charge is 2.17. The molecule has 0 saturated heterocycles. The van der Waals surface area contributed by atoms with Gasteiger partial charge in [-0.15, -0.1) is 0 Å². The molecular formula is C22H25N3O2S. The van der Waals surface area contributed by atoms with Crippen LogP contribution in [-0.4, -0.2) is 17.1 Å². The van der Waals surface area contributed by atoms with Crippen molar-refractivity contribution in [3.05, 3.63) is 59.7 Å². The fourth-order valence-corrected chi connectivity index (χ4v) is 2.25. The van der Waals surface area contributed by atoms with E-state index in [2.05, 4.69) is 55.2 Å². The minimum Gasteiger partial charge on any atom is -0.444 e. The number of ether oxygens (including phenoxy) is 1. The molecule has 1 unspecified atom stereocenters. The van der Waals surface area contributed by atoms with E-state index in [1.54, 1.807) is 20.8 Å². The Morgan fingerprint density at radius 2 is 1.57 bits per heavy atom. The van der Waals surface area contributed by atoms with E-state index in [4.69, 9.17) is 15.3 Å². The molecule has 0 spiro atoms. The zero-order valence-corrected chi connectivity index (χ0v) is 17.5. The first kappa shape index (κ1) is 23.1. The predicted molar refractivity (Wildman–Crippen MR) is 114 cm³/mol. The lowest BCUT2D eigenvalue weighted by Crippen LogP contribution is -2.36. The summed E-state index contributed by atoms with van der Waals surface area (Å²) in [5.74, 6) is 0. The van der Waals surface area contributed by atoms with Gasteiger partial charge in [-0.1, -0.05) is 42.0 Å². The van der Waals surface area contributed by atoms with Crippen LogP contribution in [0.25, 0.3) is 11.1 Å². The minimum atomic E-state index is -0.553. The monoisotopic (exact) mass is 395 g/mol. The number of rotatable bonds is 3. The summed E-state index contributed by atoms with van der Waals surface area (Å²) in [6.07, 6.45) is -0.398. The molecule has 0 aromatic heterocycles. The van der Waals surface area contributed by atoms with Gasteiger partial charge in [-0.3, -0.25) is 0 Å². The third-order valence-corrected chi connectivity index (χ3v) is 3.68. The van der Waals surface area contributed by atoms with E-state index < -0.39 is 17.1 Å². The molecule has 2 aromatic carbocycles. The third kappa shape index (κ3) is 9.12. The number of benzene rings is 2. The lowest BCUT2D eigenvalue weighted by Gasteiger charge is -2.20. The van der Waals surface area contributed by atoms with Crippen LogP contribution in [0.4, 0.5) is 4.79 Å². The molecule has 2 rings (SSSR count). The molecule has 1 amide bonds. The average Bonchev–Trinajstić information content (AvgIpc) is 2.61. The minimum absolute atomic E-state index is 0.155. The van der Waals surface area contributed by atoms with Gasteiger partial charge < -0.3 is 10.1 Å². The van der Waals surface area contributed by atoms with Crippen LogP contribution in [-0.2, 0) is 4.74 Å². The zero-order valence-electron chi connectivity index (χ0n) is 16.6. The number of alkyl carbamates (subject to hydrolysis) is 1. The van der Waals surface area contributed by atoms with E-state index in [0.717, 1.165) is 5.56 Å². The fraction of sp³-hybridized carbons (Fsp3) is 0.318. The number of aryl methyl sites for hydroxylation is 1. The van der Waals surface area contributed by atoms with Crippen molar-refractivity contribution in [1.29, 1.82) is 10.5 Å². The van der Waals surface area contributed by atoms with Crippen molar-refractivity contribution in [3.8, 4) is 23.3 Å². The van der Waals surface area contributed by atoms with Gasteiger partial charge in [-0.25, -0.2) is 4.79 Å². The Morgan fingerprint density at radius 3 is 2.00 bits per heavy atom. The second-order valence-electron chi connectivity index (χ2n) is 7.08. The molecule has 0 bridgehead atoms. The molecule has 2 aromatic rings. The van der Waals surface area contributed by atoms with E-state index in [0.29, 0.717) is 5.56 Å². The number of nitriles is 2. The lowest BCUT2D eigenvalue weighted by molar-refractivity contribution is 0.0523. The summed E-state index contributed by atoms with van der Waals surface area (Å²) in [6, 6.07) is 20.0. The molecule has 0 heterocycles. The summed E-state index contributed by atoms with van der Waals surface area (Å²) in [7, 11) is 0. The van der Waals surface area contributed by atoms with Crippen molar-refractivity contribution in [2.24, 2.45) is 0 Å². The molecule has 0 aliphatic carbocycles. The molecule has 0 radical (unpaired) electrons. The van der Waals surface area contributed by atoms with Gasteiger partial charge in [0.1, 0.15) is 5.60 Å². The standard InChI is InChI=1S/C14H11N.C8H14N2O2S/c1-11-2-6-13(7-3-11)14-8-4-12(10-15)5-9-14;1-8(2,3)12-7(11)10-6(13)4-5-9/h2-9H,1H3;6,13H,4H2,1-3H3,(H,10,11). The van der Waals surface area contributed by atoms with E-state index in [1.807, 2.05) is 30.3 Å². The van der Waals surface area contributed by atoms with Gasteiger partial charge in [0.2, 0.25) is 0 Å². The smallest absolute Gasteiger partial charge is 0.408 e. The zero-order chi connectivity index (χ0) is 21.2. The van der Waals surface area contributed by atoms with Crippen LogP contribution in [0.5, 0.6) is 0 Å². The highest BCUT2D eigenvalue weighted by atomic mass is 32.1. The average molecular weight is 396 g/mol. The van der Waals surface area contributed by atoms with E-state index in [-0.39, 0.29) is 6.42 Å². The third-order valence-electron chi connectivity index (χ3n) is 3.37. The second-order valence-corrected chi connectivity index (χ2v) is 7.70. The molecule has 1 N–H and O–H groups in total. The lowest BCUT2D eigenvalue weighted by atomic mass is 10.0. The topological polar surface area (TPSA) is 85.9 Å². The summed E-state index contributed by atoms with van der Waals surface area (Å²) < 4.78 is 4.95. The van der Waals surface area contributed by atoms with Gasteiger partial charge in [0.15, 0.2) is 0 Å². The summed E-state index contributed by atoms with van der Waals surface area (Å²) in [5.41, 5.74) is 3.77. The van der Waals surface area contributed by atoms with Crippen LogP contribution < -0.4 is 5.32 Å². The molecule has 0 aliphatic heterocycles. The van der Waals surface area contributed by atoms with Crippen LogP contribution in [0.2, 0.25) is 0 Å². The van der Waals surface area contributed by atoms with Crippen molar-refractivity contribution in [2.75, 3.05) is 0 Å². The van der Waals surface area contributed by atoms with Gasteiger partial charge in [-0.2, -0.15) is 23.2 Å². The van der Waals surface area contributed by atoms with Gasteiger partial charge in [-0.05, 0) is 51.0 Å². The van der Waals surface area contributed by atoms with E-state index in [9.17, 15) is 4.79 Å². The van der Waals surface area contributed by atoms with Crippen molar-refractivity contribution < 1.29 is 9.53 Å². The molecule has 6 heteroatoms. The Hall–Kier alpha value is -2.96. The van der Waals surface area contributed by atoms with Crippen LogP contribution in [0, 0.1) is 29.6 Å². The molecule has 5 nitrogen and oxygen atoms in total. The van der Waals surface area contributed by atoms with Gasteiger partial charge in [0, 0.05) is 0 Å². The molecule has 0 fully saturated rings. The number of amides is 1. The Kier molecular flexibility index (Phi) is 9.08. The van der Waals surface area contributed by atoms with Crippen molar-refractivity contribution in [2.45, 2.75) is 45.1 Å². The fourth-order valence-electron chi connectivity index (χ4n) is 2.06. The highest BCUT2D eigenvalue weighted by Crippen LogP contribution is 2.19. The first-order valence-corrected chi connectivity index (χ1v) is 9.28. The SMILES string of the molecule is CC(C)(C)OC(=O)NC(S)CC#N.Cc1ccc(-c2ccc(C#N)cc2)cc1. The molecule has 0 aliphatic rings. The van der Waals surface area contributed by atoms with E-state index in [1.165, 1.54) is 11.1 Å². The van der Waals surface area contributed by atoms with Gasteiger partial charge in [0.05, 0.1) is 29.5 Å². The summed E-state index contributed by atoms with van der Waals surface area (Å²) in [5, 5.41) is 18.9. The van der Waals surface area contributed by atoms with Gasteiger partial charge in [0.25, 0.3) is 0 Å². The van der Waals surface area contributed by atoms with Crippen molar-refractivity contribution in [3.63, 3.8) is 0 Å². The number of hydrogen-bond acceptors (Lipinski definition) is 5. The van der Waals surface area contributed by atoms with Crippen LogP contribution >= 0.6 is 12.6 Å². The van der Waals surface area contributed by atoms with E-state index >= 15 is 0 Å². The van der Waals surface area contributed by atoms with Crippen LogP contribution in [0.3, 0.4) is 0 Å². The summed E-state index contributed by atoms with van der Waals surface area (Å²) in [4.78, 5) is 11.1. The van der Waals surface area contributed by atoms with Crippen LogP contribution in [0.1, 0.15) is 38.3 Å². The maximum absolute atomic E-state index is 11.1. The summed E-state index contributed by atoms with van der Waals surface area (Å²) in [6.45, 7) is 7.38. The number of hydrogen-bond donors (Lipinski definition) is 2. The maximum Gasteiger partial charge on any atom is 0.408 e. The summed E-state index contributed by atoms with van der Waals surface area (Å²) >= 11 is 3.96. The molecule has 0 saturated carbocycles. The number of nitrogens with one attached hydrogen (secondary N) is 1. The van der Waals surface area contributed by atoms with Crippen molar-refractivity contribution >= 4 is 18.7 Å². The predicted octanol–water partition coefficient (Wildman–Crippen LogP) is 5.21. The van der Waals surface area contributed by atoms with Crippen LogP contribution in [0.15, 0.2) is 48.5 Å². The Morgan fingerprint density at radius 1 is 1.07 bits per heavy atom. The number of thiol groups is 1. The Labute approximate surface area is 172 Å². The molecular weight excluding hydrogens is 370 g/mol. The van der Waals surface area contributed by atoms with Gasteiger partial charge >= 0.3 is 6.09 Å². The Balaban J connectivity index is 0.000000284. The molecule has 146 valence electrons. The Bertz CT molecular complexity index is 842. The molecule has 1 atom stereocenters. The molecule has 28 heavy (non-hydrogen) atoms. The maximum atomic E-state index is 11.1.